The van der Waals surface area contributed by atoms with Gasteiger partial charge in [-0.1, -0.05) is 19.0 Å². The van der Waals surface area contributed by atoms with Crippen LogP contribution in [0.2, 0.25) is 0 Å². The molecule has 0 bridgehead atoms. The number of carbonyl (C=O) groups excluding carboxylic acids is 1. The van der Waals surface area contributed by atoms with Gasteiger partial charge in [-0.2, -0.15) is 0 Å². The first kappa shape index (κ1) is 11.8. The molecule has 4 nitrogen and oxygen atoms in total. The van der Waals surface area contributed by atoms with Crippen LogP contribution in [0.25, 0.3) is 0 Å². The Morgan fingerprint density at radius 3 is 2.60 bits per heavy atom. The van der Waals surface area contributed by atoms with Crippen LogP contribution in [0.3, 0.4) is 0 Å². The van der Waals surface area contributed by atoms with Crippen LogP contribution in [-0.4, -0.2) is 29.6 Å². The van der Waals surface area contributed by atoms with Gasteiger partial charge in [0, 0.05) is 19.5 Å². The first-order valence-corrected chi connectivity index (χ1v) is 5.20. The van der Waals surface area contributed by atoms with E-state index in [1.54, 1.807) is 18.9 Å². The van der Waals surface area contributed by atoms with Crippen LogP contribution in [0.15, 0.2) is 4.52 Å². The number of carbonyl (C=O) groups is 1. The zero-order chi connectivity index (χ0) is 11.6. The zero-order valence-corrected chi connectivity index (χ0v) is 10.00. The van der Waals surface area contributed by atoms with E-state index in [0.29, 0.717) is 23.6 Å². The molecule has 0 aliphatic rings. The molecule has 0 N–H and O–H groups in total. The van der Waals surface area contributed by atoms with Gasteiger partial charge in [-0.15, -0.1) is 0 Å². The van der Waals surface area contributed by atoms with Gasteiger partial charge in [0.15, 0.2) is 5.76 Å². The van der Waals surface area contributed by atoms with Crippen LogP contribution < -0.4 is 0 Å². The Kier molecular flexibility index (Phi) is 3.50. The Labute approximate surface area is 90.2 Å². The fraction of sp³-hybridized carbons (Fsp3) is 0.636. The highest BCUT2D eigenvalue weighted by molar-refractivity contribution is 5.96. The van der Waals surface area contributed by atoms with E-state index in [1.807, 2.05) is 20.8 Å². The summed E-state index contributed by atoms with van der Waals surface area (Å²) in [6.45, 7) is 8.40. The second-order valence-electron chi connectivity index (χ2n) is 3.98. The van der Waals surface area contributed by atoms with E-state index in [4.69, 9.17) is 4.52 Å². The Hall–Kier alpha value is -1.32. The number of amides is 1. The molecule has 0 aliphatic heterocycles. The van der Waals surface area contributed by atoms with Gasteiger partial charge in [0.05, 0.1) is 5.69 Å². The Bertz CT molecular complexity index is 355. The van der Waals surface area contributed by atoms with Crippen molar-refractivity contribution in [2.75, 3.05) is 13.6 Å². The molecule has 1 aromatic rings. The monoisotopic (exact) mass is 210 g/mol. The minimum atomic E-state index is -0.0139. The van der Waals surface area contributed by atoms with E-state index in [-0.39, 0.29) is 11.8 Å². The van der Waals surface area contributed by atoms with E-state index < -0.39 is 0 Å². The summed E-state index contributed by atoms with van der Waals surface area (Å²) in [4.78, 5) is 13.7. The van der Waals surface area contributed by atoms with Gasteiger partial charge in [0.25, 0.3) is 5.91 Å². The minimum Gasteiger partial charge on any atom is -0.360 e. The topological polar surface area (TPSA) is 46.3 Å². The second kappa shape index (κ2) is 4.47. The van der Waals surface area contributed by atoms with Gasteiger partial charge in [-0.25, -0.2) is 0 Å². The highest BCUT2D eigenvalue weighted by atomic mass is 16.5. The van der Waals surface area contributed by atoms with E-state index in [2.05, 4.69) is 5.16 Å². The van der Waals surface area contributed by atoms with Gasteiger partial charge in [0.2, 0.25) is 0 Å². The third kappa shape index (κ3) is 2.19. The summed E-state index contributed by atoms with van der Waals surface area (Å²) in [5.74, 6) is 0.841. The normalized spacial score (nSPS) is 10.8. The van der Waals surface area contributed by atoms with Crippen molar-refractivity contribution in [3.8, 4) is 0 Å². The van der Waals surface area contributed by atoms with E-state index in [0.717, 1.165) is 0 Å². The van der Waals surface area contributed by atoms with Gasteiger partial charge in [-0.3, -0.25) is 4.79 Å². The second-order valence-corrected chi connectivity index (χ2v) is 3.98. The molecule has 1 heterocycles. The average molecular weight is 210 g/mol. The molecule has 84 valence electrons. The van der Waals surface area contributed by atoms with Gasteiger partial charge in [0.1, 0.15) is 5.56 Å². The summed E-state index contributed by atoms with van der Waals surface area (Å²) in [6, 6.07) is 0. The molecule has 0 spiro atoms. The average Bonchev–Trinajstić information content (AvgIpc) is 2.58. The lowest BCUT2D eigenvalue weighted by Crippen LogP contribution is -2.27. The van der Waals surface area contributed by atoms with Crippen molar-refractivity contribution in [3.63, 3.8) is 0 Å². The third-order valence-corrected chi connectivity index (χ3v) is 2.45. The number of hydrogen-bond acceptors (Lipinski definition) is 3. The molecule has 1 aromatic heterocycles. The first-order valence-electron chi connectivity index (χ1n) is 5.20. The quantitative estimate of drug-likeness (QED) is 0.768. The fourth-order valence-corrected chi connectivity index (χ4v) is 1.38. The van der Waals surface area contributed by atoms with Crippen molar-refractivity contribution in [2.45, 2.75) is 33.6 Å². The smallest absolute Gasteiger partial charge is 0.259 e. The van der Waals surface area contributed by atoms with Crippen molar-refractivity contribution < 1.29 is 9.32 Å². The van der Waals surface area contributed by atoms with Crippen LogP contribution in [0, 0.1) is 6.92 Å². The molecule has 0 saturated carbocycles. The molecule has 1 amide bonds. The summed E-state index contributed by atoms with van der Waals surface area (Å²) in [5, 5.41) is 3.85. The van der Waals surface area contributed by atoms with Crippen LogP contribution in [0.4, 0.5) is 0 Å². The highest BCUT2D eigenvalue weighted by Crippen LogP contribution is 2.23. The molecule has 1 rings (SSSR count). The molecular weight excluding hydrogens is 192 g/mol. The molecule has 4 heteroatoms. The maximum absolute atomic E-state index is 12.0. The van der Waals surface area contributed by atoms with Gasteiger partial charge in [-0.05, 0) is 13.8 Å². The maximum atomic E-state index is 12.0. The molecule has 0 atom stereocenters. The maximum Gasteiger partial charge on any atom is 0.259 e. The van der Waals surface area contributed by atoms with E-state index in [9.17, 15) is 4.79 Å². The van der Waals surface area contributed by atoms with Crippen LogP contribution in [0.5, 0.6) is 0 Å². The van der Waals surface area contributed by atoms with Crippen molar-refractivity contribution in [1.29, 1.82) is 0 Å². The van der Waals surface area contributed by atoms with E-state index >= 15 is 0 Å². The number of hydrogen-bond donors (Lipinski definition) is 0. The zero-order valence-electron chi connectivity index (χ0n) is 10.00. The van der Waals surface area contributed by atoms with Crippen molar-refractivity contribution in [3.05, 3.63) is 17.0 Å². The number of rotatable bonds is 3. The summed E-state index contributed by atoms with van der Waals surface area (Å²) >= 11 is 0. The summed E-state index contributed by atoms with van der Waals surface area (Å²) < 4.78 is 5.18. The molecular formula is C11H18N2O2. The third-order valence-electron chi connectivity index (χ3n) is 2.45. The van der Waals surface area contributed by atoms with Gasteiger partial charge >= 0.3 is 0 Å². The van der Waals surface area contributed by atoms with Crippen molar-refractivity contribution in [1.82, 2.24) is 10.1 Å². The number of aryl methyl sites for hydroxylation is 1. The lowest BCUT2D eigenvalue weighted by atomic mass is 10.0. The van der Waals surface area contributed by atoms with Crippen molar-refractivity contribution in [2.24, 2.45) is 0 Å². The Balaban J connectivity index is 3.12. The number of nitrogens with zero attached hydrogens (tertiary/aromatic N) is 2. The predicted molar refractivity (Wildman–Crippen MR) is 58.0 cm³/mol. The molecule has 15 heavy (non-hydrogen) atoms. The molecule has 0 aromatic carbocycles. The molecule has 0 fully saturated rings. The van der Waals surface area contributed by atoms with Crippen LogP contribution in [-0.2, 0) is 0 Å². The minimum absolute atomic E-state index is 0.0139. The highest BCUT2D eigenvalue weighted by Gasteiger charge is 2.24. The van der Waals surface area contributed by atoms with Crippen LogP contribution >= 0.6 is 0 Å². The molecule has 0 aliphatic carbocycles. The molecule has 0 saturated heterocycles. The van der Waals surface area contributed by atoms with Crippen LogP contribution in [0.1, 0.15) is 48.5 Å². The lowest BCUT2D eigenvalue weighted by molar-refractivity contribution is 0.0799. The largest absolute Gasteiger partial charge is 0.360 e. The molecule has 0 radical (unpaired) electrons. The summed E-state index contributed by atoms with van der Waals surface area (Å²) in [5.41, 5.74) is 1.29. The number of aromatic nitrogens is 1. The van der Waals surface area contributed by atoms with Crippen molar-refractivity contribution >= 4 is 5.91 Å². The summed E-state index contributed by atoms with van der Waals surface area (Å²) in [7, 11) is 1.78. The Morgan fingerprint density at radius 1 is 1.53 bits per heavy atom. The predicted octanol–water partition coefficient (Wildman–Crippen LogP) is 2.20. The SMILES string of the molecule is CCN(C)C(=O)c1c(C)noc1C(C)C. The van der Waals surface area contributed by atoms with Gasteiger partial charge < -0.3 is 9.42 Å². The standard InChI is InChI=1S/C11H18N2O2/c1-6-13(5)11(14)9-8(4)12-15-10(9)7(2)3/h7H,6H2,1-5H3. The Morgan fingerprint density at radius 2 is 2.13 bits per heavy atom. The molecule has 0 unspecified atom stereocenters. The fourth-order valence-electron chi connectivity index (χ4n) is 1.38. The summed E-state index contributed by atoms with van der Waals surface area (Å²) in [6.07, 6.45) is 0. The van der Waals surface area contributed by atoms with E-state index in [1.165, 1.54) is 0 Å². The lowest BCUT2D eigenvalue weighted by Gasteiger charge is -2.14. The first-order chi connectivity index (χ1) is 6.99.